The molecule has 0 saturated carbocycles. The highest BCUT2D eigenvalue weighted by Gasteiger charge is 2.32. The molecule has 3 nitrogen and oxygen atoms in total. The first kappa shape index (κ1) is 14.0. The maximum absolute atomic E-state index is 8.91. The molecule has 19 heavy (non-hydrogen) atoms. The summed E-state index contributed by atoms with van der Waals surface area (Å²) in [4.78, 5) is 2.55. The standard InChI is InChI=1S/C16H23N3/c1-16(2,3)15(19-10-8-18-9-11-19)14-6-4-13(12-17)5-7-14/h4-7,15,18H,8-11H2,1-3H3/t15-/m1/s1. The van der Waals surface area contributed by atoms with Crippen LogP contribution in [0.3, 0.4) is 0 Å². The van der Waals surface area contributed by atoms with Crippen LogP contribution in [0.2, 0.25) is 0 Å². The summed E-state index contributed by atoms with van der Waals surface area (Å²) in [6, 6.07) is 10.7. The number of piperazine rings is 1. The fourth-order valence-electron chi connectivity index (χ4n) is 2.94. The molecule has 0 bridgehead atoms. The molecule has 0 amide bonds. The largest absolute Gasteiger partial charge is 0.314 e. The highest BCUT2D eigenvalue weighted by atomic mass is 15.2. The van der Waals surface area contributed by atoms with Crippen molar-refractivity contribution in [1.29, 1.82) is 5.26 Å². The first-order chi connectivity index (χ1) is 9.02. The van der Waals surface area contributed by atoms with Crippen molar-refractivity contribution in [2.75, 3.05) is 26.2 Å². The van der Waals surface area contributed by atoms with Crippen LogP contribution in [0, 0.1) is 16.7 Å². The number of hydrogen-bond donors (Lipinski definition) is 1. The van der Waals surface area contributed by atoms with Crippen molar-refractivity contribution in [3.8, 4) is 6.07 Å². The Morgan fingerprint density at radius 2 is 1.74 bits per heavy atom. The average Bonchev–Trinajstić information content (AvgIpc) is 2.39. The van der Waals surface area contributed by atoms with Gasteiger partial charge in [-0.1, -0.05) is 32.9 Å². The predicted molar refractivity (Wildman–Crippen MR) is 77.8 cm³/mol. The fourth-order valence-corrected chi connectivity index (χ4v) is 2.94. The van der Waals surface area contributed by atoms with E-state index in [0.717, 1.165) is 31.7 Å². The second-order valence-electron chi connectivity index (χ2n) is 6.29. The van der Waals surface area contributed by atoms with E-state index in [1.807, 2.05) is 12.1 Å². The summed E-state index contributed by atoms with van der Waals surface area (Å²) >= 11 is 0. The zero-order valence-corrected chi connectivity index (χ0v) is 12.1. The Labute approximate surface area is 116 Å². The summed E-state index contributed by atoms with van der Waals surface area (Å²) in [5, 5.41) is 12.3. The van der Waals surface area contributed by atoms with E-state index in [4.69, 9.17) is 5.26 Å². The first-order valence-electron chi connectivity index (χ1n) is 6.97. The maximum Gasteiger partial charge on any atom is 0.0991 e. The highest BCUT2D eigenvalue weighted by Crippen LogP contribution is 2.38. The second-order valence-corrected chi connectivity index (χ2v) is 6.29. The molecule has 1 N–H and O–H groups in total. The van der Waals surface area contributed by atoms with Gasteiger partial charge >= 0.3 is 0 Å². The topological polar surface area (TPSA) is 39.1 Å². The van der Waals surface area contributed by atoms with Crippen LogP contribution in [0.15, 0.2) is 24.3 Å². The van der Waals surface area contributed by atoms with Gasteiger partial charge in [-0.05, 0) is 23.1 Å². The molecule has 1 atom stereocenters. The molecule has 0 radical (unpaired) electrons. The van der Waals surface area contributed by atoms with Gasteiger partial charge in [-0.25, -0.2) is 0 Å². The Morgan fingerprint density at radius 3 is 2.21 bits per heavy atom. The molecule has 1 saturated heterocycles. The van der Waals surface area contributed by atoms with E-state index in [-0.39, 0.29) is 5.41 Å². The molecule has 102 valence electrons. The summed E-state index contributed by atoms with van der Waals surface area (Å²) in [7, 11) is 0. The normalized spacial score (nSPS) is 18.8. The lowest BCUT2D eigenvalue weighted by molar-refractivity contribution is 0.0862. The van der Waals surface area contributed by atoms with Gasteiger partial charge in [0.2, 0.25) is 0 Å². The summed E-state index contributed by atoms with van der Waals surface area (Å²) in [5.41, 5.74) is 2.23. The number of hydrogen-bond acceptors (Lipinski definition) is 3. The summed E-state index contributed by atoms with van der Waals surface area (Å²) in [6.07, 6.45) is 0. The van der Waals surface area contributed by atoms with Gasteiger partial charge in [0.15, 0.2) is 0 Å². The molecule has 0 unspecified atom stereocenters. The van der Waals surface area contributed by atoms with Gasteiger partial charge in [0.1, 0.15) is 0 Å². The molecule has 1 aliphatic heterocycles. The minimum Gasteiger partial charge on any atom is -0.314 e. The maximum atomic E-state index is 8.91. The van der Waals surface area contributed by atoms with Crippen LogP contribution in [-0.2, 0) is 0 Å². The van der Waals surface area contributed by atoms with Crippen molar-refractivity contribution in [1.82, 2.24) is 10.2 Å². The first-order valence-corrected chi connectivity index (χ1v) is 6.97. The zero-order chi connectivity index (χ0) is 13.9. The van der Waals surface area contributed by atoms with Gasteiger partial charge in [0.05, 0.1) is 11.6 Å². The Morgan fingerprint density at radius 1 is 1.16 bits per heavy atom. The smallest absolute Gasteiger partial charge is 0.0991 e. The molecule has 3 heteroatoms. The van der Waals surface area contributed by atoms with Gasteiger partial charge in [-0.2, -0.15) is 5.26 Å². The SMILES string of the molecule is CC(C)(C)[C@@H](c1ccc(C#N)cc1)N1CCNCC1. The summed E-state index contributed by atoms with van der Waals surface area (Å²) in [6.45, 7) is 11.2. The molecule has 0 aromatic heterocycles. The third-order valence-electron chi connectivity index (χ3n) is 3.69. The van der Waals surface area contributed by atoms with Gasteiger partial charge in [-0.3, -0.25) is 4.90 Å². The Bertz CT molecular complexity index is 444. The van der Waals surface area contributed by atoms with Crippen molar-refractivity contribution in [2.24, 2.45) is 5.41 Å². The summed E-state index contributed by atoms with van der Waals surface area (Å²) < 4.78 is 0. The number of nitriles is 1. The van der Waals surface area contributed by atoms with E-state index in [1.165, 1.54) is 5.56 Å². The molecule has 1 fully saturated rings. The molecule has 1 heterocycles. The van der Waals surface area contributed by atoms with Gasteiger partial charge in [0, 0.05) is 32.2 Å². The van der Waals surface area contributed by atoms with E-state index in [1.54, 1.807) is 0 Å². The van der Waals surface area contributed by atoms with Crippen LogP contribution in [0.25, 0.3) is 0 Å². The number of nitrogens with zero attached hydrogens (tertiary/aromatic N) is 2. The molecule has 0 spiro atoms. The van der Waals surface area contributed by atoms with E-state index < -0.39 is 0 Å². The van der Waals surface area contributed by atoms with Crippen LogP contribution < -0.4 is 5.32 Å². The molecule has 0 aliphatic carbocycles. The monoisotopic (exact) mass is 257 g/mol. The molecule has 2 rings (SSSR count). The van der Waals surface area contributed by atoms with Gasteiger partial charge < -0.3 is 5.32 Å². The van der Waals surface area contributed by atoms with Crippen LogP contribution in [0.4, 0.5) is 0 Å². The Hall–Kier alpha value is -1.37. The lowest BCUT2D eigenvalue weighted by Crippen LogP contribution is -2.48. The molecular weight excluding hydrogens is 234 g/mol. The second kappa shape index (κ2) is 5.73. The van der Waals surface area contributed by atoms with E-state index in [9.17, 15) is 0 Å². The van der Waals surface area contributed by atoms with Crippen molar-refractivity contribution in [3.63, 3.8) is 0 Å². The number of rotatable bonds is 2. The van der Waals surface area contributed by atoms with E-state index >= 15 is 0 Å². The Balaban J connectivity index is 2.28. The lowest BCUT2D eigenvalue weighted by atomic mass is 9.81. The van der Waals surface area contributed by atoms with Crippen molar-refractivity contribution in [3.05, 3.63) is 35.4 Å². The van der Waals surface area contributed by atoms with Crippen LogP contribution in [0.1, 0.15) is 37.9 Å². The minimum atomic E-state index is 0.186. The average molecular weight is 257 g/mol. The zero-order valence-electron chi connectivity index (χ0n) is 12.1. The molecular formula is C16H23N3. The van der Waals surface area contributed by atoms with Crippen LogP contribution >= 0.6 is 0 Å². The van der Waals surface area contributed by atoms with Crippen LogP contribution in [-0.4, -0.2) is 31.1 Å². The Kier molecular flexibility index (Phi) is 4.24. The highest BCUT2D eigenvalue weighted by molar-refractivity contribution is 5.33. The van der Waals surface area contributed by atoms with Crippen molar-refractivity contribution < 1.29 is 0 Å². The summed E-state index contributed by atoms with van der Waals surface area (Å²) in [5.74, 6) is 0. The third-order valence-corrected chi connectivity index (χ3v) is 3.69. The molecule has 1 aromatic carbocycles. The number of nitrogens with one attached hydrogen (secondary N) is 1. The van der Waals surface area contributed by atoms with Gasteiger partial charge in [0.25, 0.3) is 0 Å². The van der Waals surface area contributed by atoms with E-state index in [2.05, 4.69) is 49.2 Å². The number of benzene rings is 1. The molecule has 1 aliphatic rings. The van der Waals surface area contributed by atoms with Crippen molar-refractivity contribution in [2.45, 2.75) is 26.8 Å². The van der Waals surface area contributed by atoms with Gasteiger partial charge in [-0.15, -0.1) is 0 Å². The van der Waals surface area contributed by atoms with Crippen molar-refractivity contribution >= 4 is 0 Å². The lowest BCUT2D eigenvalue weighted by Gasteiger charge is -2.42. The molecule has 1 aromatic rings. The quantitative estimate of drug-likeness (QED) is 0.885. The van der Waals surface area contributed by atoms with Crippen LogP contribution in [0.5, 0.6) is 0 Å². The fraction of sp³-hybridized carbons (Fsp3) is 0.562. The predicted octanol–water partition coefficient (Wildman–Crippen LogP) is 2.55. The third kappa shape index (κ3) is 3.34. The minimum absolute atomic E-state index is 0.186. The van der Waals surface area contributed by atoms with E-state index in [0.29, 0.717) is 6.04 Å².